The number of halogens is 3. The van der Waals surface area contributed by atoms with E-state index in [0.29, 0.717) is 32.0 Å². The second-order valence-corrected chi connectivity index (χ2v) is 7.72. The zero-order chi connectivity index (χ0) is 17.0. The number of unbranched alkanes of at least 4 members (excludes halogenated alkanes) is 2. The molecule has 0 saturated carbocycles. The van der Waals surface area contributed by atoms with Crippen molar-refractivity contribution in [3.05, 3.63) is 0 Å². The van der Waals surface area contributed by atoms with Crippen LogP contribution in [0.1, 0.15) is 45.4 Å². The van der Waals surface area contributed by atoms with Crippen LogP contribution in [-0.4, -0.2) is 35.6 Å². The molecule has 0 aliphatic rings. The fourth-order valence-electron chi connectivity index (χ4n) is 1.92. The van der Waals surface area contributed by atoms with Gasteiger partial charge in [0.25, 0.3) is 3.98 Å². The quantitative estimate of drug-likeness (QED) is 0.361. The minimum Gasteiger partial charge on any atom is -0.355 e. The summed E-state index contributed by atoms with van der Waals surface area (Å²) in [6.45, 7) is 3.69. The lowest BCUT2D eigenvalue weighted by Gasteiger charge is -2.16. The van der Waals surface area contributed by atoms with Gasteiger partial charge in [0.2, 0.25) is 5.91 Å². The molecule has 0 heterocycles. The van der Waals surface area contributed by atoms with E-state index in [-0.39, 0.29) is 5.91 Å². The molecule has 0 spiro atoms. The molecule has 2 atom stereocenters. The van der Waals surface area contributed by atoms with Crippen LogP contribution in [0.2, 0.25) is 0 Å². The first-order valence-corrected chi connectivity index (χ1v) is 8.83. The maximum atomic E-state index is 11.7. The van der Waals surface area contributed by atoms with Crippen molar-refractivity contribution in [3.8, 4) is 0 Å². The van der Waals surface area contributed by atoms with Gasteiger partial charge >= 0.3 is 0 Å². The minimum absolute atomic E-state index is 0.0930. The molecule has 8 heteroatoms. The van der Waals surface area contributed by atoms with E-state index in [1.807, 2.05) is 6.92 Å². The van der Waals surface area contributed by atoms with Crippen LogP contribution in [0.5, 0.6) is 0 Å². The number of hydrogen-bond donors (Lipinski definition) is 3. The molecule has 0 aromatic heterocycles. The summed E-state index contributed by atoms with van der Waals surface area (Å²) in [5, 5.41) is 2.85. The molecule has 132 valence electrons. The van der Waals surface area contributed by atoms with Gasteiger partial charge in [0.05, 0.1) is 12.6 Å². The van der Waals surface area contributed by atoms with Crippen LogP contribution in [0.25, 0.3) is 0 Å². The summed E-state index contributed by atoms with van der Waals surface area (Å²) in [5.41, 5.74) is 11.2. The van der Waals surface area contributed by atoms with Crippen molar-refractivity contribution in [2.24, 2.45) is 17.4 Å². The number of rotatable bonds is 12. The molecule has 0 saturated heterocycles. The van der Waals surface area contributed by atoms with Crippen molar-refractivity contribution in [2.45, 2.75) is 55.5 Å². The summed E-state index contributed by atoms with van der Waals surface area (Å²) in [6.07, 6.45) is 5.25. The predicted octanol–water partition coefficient (Wildman–Crippen LogP) is 2.71. The van der Waals surface area contributed by atoms with Gasteiger partial charge in [-0.3, -0.25) is 4.79 Å². The number of ether oxygens (including phenoxy) is 1. The van der Waals surface area contributed by atoms with Gasteiger partial charge in [-0.25, -0.2) is 0 Å². The Bertz CT molecular complexity index is 302. The highest BCUT2D eigenvalue weighted by molar-refractivity contribution is 6.66. The first-order chi connectivity index (χ1) is 10.3. The fourth-order valence-corrected chi connectivity index (χ4v) is 2.11. The highest BCUT2D eigenvalue weighted by atomic mass is 35.6. The summed E-state index contributed by atoms with van der Waals surface area (Å²) >= 11 is 16.5. The lowest BCUT2D eigenvalue weighted by Crippen LogP contribution is -2.40. The molecule has 5 nitrogen and oxygen atoms in total. The number of hydrogen-bond acceptors (Lipinski definition) is 4. The molecule has 0 aromatic rings. The van der Waals surface area contributed by atoms with Crippen molar-refractivity contribution in [1.82, 2.24) is 5.32 Å². The largest absolute Gasteiger partial charge is 0.355 e. The second-order valence-electron chi connectivity index (χ2n) is 5.54. The maximum Gasteiger partial charge on any atom is 0.297 e. The van der Waals surface area contributed by atoms with Crippen LogP contribution in [0.3, 0.4) is 0 Å². The molecular weight excluding hydrogens is 349 g/mol. The topological polar surface area (TPSA) is 90.4 Å². The average molecular weight is 377 g/mol. The van der Waals surface area contributed by atoms with Gasteiger partial charge in [-0.05, 0) is 38.1 Å². The van der Waals surface area contributed by atoms with Crippen molar-refractivity contribution >= 4 is 40.7 Å². The average Bonchev–Trinajstić information content (AvgIpc) is 2.44. The number of alkyl halides is 3. The molecular formula is C14H28Cl3N3O2. The highest BCUT2D eigenvalue weighted by Gasteiger charge is 2.21. The van der Waals surface area contributed by atoms with Crippen molar-refractivity contribution < 1.29 is 9.53 Å². The van der Waals surface area contributed by atoms with E-state index in [1.54, 1.807) is 0 Å². The number of nitrogens with two attached hydrogens (primary N) is 2. The zero-order valence-corrected chi connectivity index (χ0v) is 15.4. The molecule has 0 fully saturated rings. The van der Waals surface area contributed by atoms with Gasteiger partial charge in [0.1, 0.15) is 0 Å². The molecule has 0 bridgehead atoms. The van der Waals surface area contributed by atoms with Gasteiger partial charge in [-0.1, -0.05) is 54.6 Å². The molecule has 5 N–H and O–H groups in total. The summed E-state index contributed by atoms with van der Waals surface area (Å²) in [4.78, 5) is 11.7. The molecule has 0 aromatic carbocycles. The number of amides is 1. The van der Waals surface area contributed by atoms with Crippen LogP contribution in [0.4, 0.5) is 0 Å². The van der Waals surface area contributed by atoms with Crippen LogP contribution in [0, 0.1) is 5.92 Å². The van der Waals surface area contributed by atoms with E-state index >= 15 is 0 Å². The van der Waals surface area contributed by atoms with Gasteiger partial charge in [-0.15, -0.1) is 0 Å². The lowest BCUT2D eigenvalue weighted by atomic mass is 10.1. The monoisotopic (exact) mass is 375 g/mol. The van der Waals surface area contributed by atoms with Crippen molar-refractivity contribution in [1.29, 1.82) is 0 Å². The van der Waals surface area contributed by atoms with Gasteiger partial charge in [0, 0.05) is 6.54 Å². The Morgan fingerprint density at radius 3 is 2.41 bits per heavy atom. The Kier molecular flexibility index (Phi) is 12.7. The third kappa shape index (κ3) is 13.9. The molecule has 0 radical (unpaired) electrons. The Labute approximate surface area is 148 Å². The fraction of sp³-hybridized carbons (Fsp3) is 0.929. The third-order valence-electron chi connectivity index (χ3n) is 3.26. The smallest absolute Gasteiger partial charge is 0.297 e. The summed E-state index contributed by atoms with van der Waals surface area (Å²) in [6, 6.07) is -0.442. The van der Waals surface area contributed by atoms with E-state index in [9.17, 15) is 4.79 Å². The summed E-state index contributed by atoms with van der Waals surface area (Å²) < 4.78 is 3.42. The molecule has 0 rings (SSSR count). The standard InChI is InChI=1S/C14H28Cl3N3O2/c1-11(10-22-14(15,16)17)6-3-5-9-20-13(21)12(19)7-2-4-8-18/h11-12H,2-10,18-19H2,1H3,(H,20,21). The third-order valence-corrected chi connectivity index (χ3v) is 3.59. The Morgan fingerprint density at radius 1 is 1.18 bits per heavy atom. The van der Waals surface area contributed by atoms with Gasteiger partial charge < -0.3 is 21.5 Å². The summed E-state index contributed by atoms with van der Waals surface area (Å²) in [7, 11) is 0. The minimum atomic E-state index is -1.65. The zero-order valence-electron chi connectivity index (χ0n) is 13.1. The molecule has 1 amide bonds. The van der Waals surface area contributed by atoms with Crippen LogP contribution in [0.15, 0.2) is 0 Å². The van der Waals surface area contributed by atoms with Crippen LogP contribution >= 0.6 is 34.8 Å². The van der Waals surface area contributed by atoms with E-state index in [2.05, 4.69) is 5.32 Å². The maximum absolute atomic E-state index is 11.7. The van der Waals surface area contributed by atoms with Crippen molar-refractivity contribution in [3.63, 3.8) is 0 Å². The van der Waals surface area contributed by atoms with Gasteiger partial charge in [-0.2, -0.15) is 0 Å². The van der Waals surface area contributed by atoms with Gasteiger partial charge in [0.15, 0.2) is 0 Å². The summed E-state index contributed by atoms with van der Waals surface area (Å²) in [5.74, 6) is 0.203. The van der Waals surface area contributed by atoms with E-state index in [0.717, 1.165) is 32.1 Å². The Balaban J connectivity index is 3.57. The molecule has 0 aliphatic carbocycles. The van der Waals surface area contributed by atoms with Crippen LogP contribution in [-0.2, 0) is 9.53 Å². The van der Waals surface area contributed by atoms with E-state index in [1.165, 1.54) is 0 Å². The Hall–Kier alpha value is 0.220. The lowest BCUT2D eigenvalue weighted by molar-refractivity contribution is -0.122. The number of carbonyl (C=O) groups excluding carboxylic acids is 1. The SMILES string of the molecule is CC(CCCCNC(=O)C(N)CCCCN)COC(Cl)(Cl)Cl. The predicted molar refractivity (Wildman–Crippen MR) is 93.1 cm³/mol. The highest BCUT2D eigenvalue weighted by Crippen LogP contribution is 2.28. The Morgan fingerprint density at radius 2 is 1.82 bits per heavy atom. The van der Waals surface area contributed by atoms with E-state index < -0.39 is 10.0 Å². The van der Waals surface area contributed by atoms with E-state index in [4.69, 9.17) is 51.0 Å². The van der Waals surface area contributed by atoms with Crippen molar-refractivity contribution in [2.75, 3.05) is 19.7 Å². The molecule has 0 aliphatic heterocycles. The first kappa shape index (κ1) is 22.2. The molecule has 22 heavy (non-hydrogen) atoms. The number of carbonyl (C=O) groups is 1. The molecule has 2 unspecified atom stereocenters. The van der Waals surface area contributed by atoms with Crippen LogP contribution < -0.4 is 16.8 Å². The number of nitrogens with one attached hydrogen (secondary N) is 1. The normalized spacial score (nSPS) is 14.6. The second kappa shape index (κ2) is 12.6. The first-order valence-electron chi connectivity index (χ1n) is 7.70.